The molecule has 122 valence electrons. The van der Waals surface area contributed by atoms with E-state index in [0.717, 1.165) is 6.54 Å². The highest BCUT2D eigenvalue weighted by atomic mass is 19.3. The smallest absolute Gasteiger partial charge is 0.387 e. The summed E-state index contributed by atoms with van der Waals surface area (Å²) in [5.41, 5.74) is 0.133. The molecule has 2 rings (SSSR count). The van der Waals surface area contributed by atoms with Crippen LogP contribution in [0.3, 0.4) is 0 Å². The van der Waals surface area contributed by atoms with Gasteiger partial charge >= 0.3 is 6.61 Å². The molecule has 1 fully saturated rings. The highest BCUT2D eigenvalue weighted by Gasteiger charge is 2.19. The molecular formula is C14H18F2N2O4. The van der Waals surface area contributed by atoms with Crippen LogP contribution in [0.25, 0.3) is 0 Å². The maximum Gasteiger partial charge on any atom is 0.387 e. The standard InChI is InChI=1S/C14H18F2N2O4/c1-20-9-2-3-12(22-14(15)16)11(6-9)18-13(19)7-10-8-17-4-5-21-10/h2-3,6,10,14,17H,4-5,7-8H2,1H3,(H,18,19). The molecule has 22 heavy (non-hydrogen) atoms. The molecule has 0 radical (unpaired) electrons. The summed E-state index contributed by atoms with van der Waals surface area (Å²) in [6.45, 7) is -1.11. The lowest BCUT2D eigenvalue weighted by atomic mass is 10.2. The molecular weight excluding hydrogens is 298 g/mol. The van der Waals surface area contributed by atoms with Gasteiger partial charge in [-0.05, 0) is 12.1 Å². The van der Waals surface area contributed by atoms with Crippen LogP contribution in [0.15, 0.2) is 18.2 Å². The fourth-order valence-electron chi connectivity index (χ4n) is 2.09. The Balaban J connectivity index is 2.03. The van der Waals surface area contributed by atoms with E-state index in [9.17, 15) is 13.6 Å². The Morgan fingerprint density at radius 3 is 3.00 bits per heavy atom. The second kappa shape index (κ2) is 7.90. The third-order valence-electron chi connectivity index (χ3n) is 3.09. The van der Waals surface area contributed by atoms with Gasteiger partial charge in [0.2, 0.25) is 5.91 Å². The second-order valence-electron chi connectivity index (χ2n) is 4.69. The number of hydrogen-bond donors (Lipinski definition) is 2. The van der Waals surface area contributed by atoms with Crippen LogP contribution in [0.2, 0.25) is 0 Å². The van der Waals surface area contributed by atoms with Crippen molar-refractivity contribution in [3.8, 4) is 11.5 Å². The second-order valence-corrected chi connectivity index (χ2v) is 4.69. The Bertz CT molecular complexity index is 508. The zero-order valence-electron chi connectivity index (χ0n) is 12.1. The van der Waals surface area contributed by atoms with Crippen LogP contribution in [0, 0.1) is 0 Å². The van der Waals surface area contributed by atoms with Crippen molar-refractivity contribution in [2.45, 2.75) is 19.1 Å². The van der Waals surface area contributed by atoms with Gasteiger partial charge in [0.15, 0.2) is 0 Å². The fraction of sp³-hybridized carbons (Fsp3) is 0.500. The molecule has 1 saturated heterocycles. The number of morpholine rings is 1. The molecule has 1 atom stereocenters. The number of halogens is 2. The Morgan fingerprint density at radius 2 is 2.36 bits per heavy atom. The van der Waals surface area contributed by atoms with Crippen molar-refractivity contribution >= 4 is 11.6 Å². The van der Waals surface area contributed by atoms with Gasteiger partial charge in [0, 0.05) is 19.2 Å². The van der Waals surface area contributed by atoms with E-state index in [1.807, 2.05) is 0 Å². The van der Waals surface area contributed by atoms with Gasteiger partial charge in [-0.2, -0.15) is 8.78 Å². The van der Waals surface area contributed by atoms with E-state index in [0.29, 0.717) is 18.9 Å². The number of hydrogen-bond acceptors (Lipinski definition) is 5. The van der Waals surface area contributed by atoms with Crippen molar-refractivity contribution in [2.24, 2.45) is 0 Å². The summed E-state index contributed by atoms with van der Waals surface area (Å²) in [5, 5.41) is 5.66. The number of benzene rings is 1. The first kappa shape index (κ1) is 16.4. The average Bonchev–Trinajstić information content (AvgIpc) is 2.49. The minimum atomic E-state index is -2.98. The molecule has 1 heterocycles. The molecule has 6 nitrogen and oxygen atoms in total. The Kier molecular flexibility index (Phi) is 5.91. The predicted molar refractivity (Wildman–Crippen MR) is 75.5 cm³/mol. The molecule has 1 aliphatic rings. The summed E-state index contributed by atoms with van der Waals surface area (Å²) in [5.74, 6) is -0.0413. The monoisotopic (exact) mass is 316 g/mol. The molecule has 0 bridgehead atoms. The van der Waals surface area contributed by atoms with E-state index in [1.165, 1.54) is 25.3 Å². The van der Waals surface area contributed by atoms with Crippen LogP contribution in [0.4, 0.5) is 14.5 Å². The molecule has 1 unspecified atom stereocenters. The SMILES string of the molecule is COc1ccc(OC(F)F)c(NC(=O)CC2CNCCO2)c1. The fourth-order valence-corrected chi connectivity index (χ4v) is 2.09. The number of ether oxygens (including phenoxy) is 3. The third kappa shape index (κ3) is 4.81. The van der Waals surface area contributed by atoms with Crippen molar-refractivity contribution in [3.05, 3.63) is 18.2 Å². The highest BCUT2D eigenvalue weighted by Crippen LogP contribution is 2.30. The van der Waals surface area contributed by atoms with Crippen LogP contribution in [0.1, 0.15) is 6.42 Å². The lowest BCUT2D eigenvalue weighted by molar-refractivity contribution is -0.119. The minimum Gasteiger partial charge on any atom is -0.497 e. The number of anilines is 1. The molecule has 1 aromatic rings. The molecule has 0 spiro atoms. The zero-order valence-corrected chi connectivity index (χ0v) is 12.1. The van der Waals surface area contributed by atoms with E-state index >= 15 is 0 Å². The number of amides is 1. The molecule has 1 aromatic carbocycles. The van der Waals surface area contributed by atoms with E-state index < -0.39 is 6.61 Å². The van der Waals surface area contributed by atoms with Crippen LogP contribution in [-0.2, 0) is 9.53 Å². The summed E-state index contributed by atoms with van der Waals surface area (Å²) in [6.07, 6.45) is -0.114. The number of methoxy groups -OCH3 is 1. The highest BCUT2D eigenvalue weighted by molar-refractivity contribution is 5.92. The summed E-state index contributed by atoms with van der Waals surface area (Å²) in [6, 6.07) is 4.22. The Morgan fingerprint density at radius 1 is 1.55 bits per heavy atom. The molecule has 8 heteroatoms. The van der Waals surface area contributed by atoms with Crippen molar-refractivity contribution in [3.63, 3.8) is 0 Å². The van der Waals surface area contributed by atoms with Crippen LogP contribution in [-0.4, -0.2) is 45.4 Å². The van der Waals surface area contributed by atoms with Gasteiger partial charge in [-0.25, -0.2) is 0 Å². The lowest BCUT2D eigenvalue weighted by Crippen LogP contribution is -2.40. The summed E-state index contributed by atoms with van der Waals surface area (Å²) in [7, 11) is 1.44. The van der Waals surface area contributed by atoms with Gasteiger partial charge in [0.05, 0.1) is 31.9 Å². The van der Waals surface area contributed by atoms with E-state index in [-0.39, 0.29) is 29.9 Å². The largest absolute Gasteiger partial charge is 0.497 e. The number of carbonyl (C=O) groups excluding carboxylic acids is 1. The van der Waals surface area contributed by atoms with Gasteiger partial charge in [-0.3, -0.25) is 4.79 Å². The van der Waals surface area contributed by atoms with Gasteiger partial charge < -0.3 is 24.8 Å². The first-order valence-electron chi connectivity index (χ1n) is 6.83. The summed E-state index contributed by atoms with van der Waals surface area (Å²) < 4.78 is 39.6. The number of alkyl halides is 2. The Labute approximate surface area is 126 Å². The molecule has 1 aliphatic heterocycles. The van der Waals surface area contributed by atoms with E-state index in [4.69, 9.17) is 9.47 Å². The van der Waals surface area contributed by atoms with Gasteiger partial charge in [0.1, 0.15) is 11.5 Å². The normalized spacial score (nSPS) is 18.1. The molecule has 0 saturated carbocycles. The Hall–Kier alpha value is -1.93. The average molecular weight is 316 g/mol. The number of rotatable bonds is 6. The van der Waals surface area contributed by atoms with Crippen LogP contribution >= 0.6 is 0 Å². The molecule has 0 aliphatic carbocycles. The van der Waals surface area contributed by atoms with E-state index in [1.54, 1.807) is 0 Å². The van der Waals surface area contributed by atoms with Crippen molar-refractivity contribution in [1.82, 2.24) is 5.32 Å². The van der Waals surface area contributed by atoms with Crippen molar-refractivity contribution < 1.29 is 27.8 Å². The first-order valence-corrected chi connectivity index (χ1v) is 6.83. The van der Waals surface area contributed by atoms with Gasteiger partial charge in [-0.1, -0.05) is 0 Å². The minimum absolute atomic E-state index is 0.119. The maximum absolute atomic E-state index is 12.4. The summed E-state index contributed by atoms with van der Waals surface area (Å²) >= 11 is 0. The molecule has 0 aromatic heterocycles. The lowest BCUT2D eigenvalue weighted by Gasteiger charge is -2.23. The quantitative estimate of drug-likeness (QED) is 0.834. The van der Waals surface area contributed by atoms with Crippen molar-refractivity contribution in [1.29, 1.82) is 0 Å². The number of nitrogens with one attached hydrogen (secondary N) is 2. The first-order chi connectivity index (χ1) is 10.6. The summed E-state index contributed by atoms with van der Waals surface area (Å²) in [4.78, 5) is 12.0. The number of carbonyl (C=O) groups is 1. The van der Waals surface area contributed by atoms with Crippen LogP contribution < -0.4 is 20.1 Å². The van der Waals surface area contributed by atoms with Gasteiger partial charge in [-0.15, -0.1) is 0 Å². The maximum atomic E-state index is 12.4. The van der Waals surface area contributed by atoms with E-state index in [2.05, 4.69) is 15.4 Å². The van der Waals surface area contributed by atoms with Crippen LogP contribution in [0.5, 0.6) is 11.5 Å². The zero-order chi connectivity index (χ0) is 15.9. The topological polar surface area (TPSA) is 68.8 Å². The van der Waals surface area contributed by atoms with Gasteiger partial charge in [0.25, 0.3) is 0 Å². The van der Waals surface area contributed by atoms with Crippen molar-refractivity contribution in [2.75, 3.05) is 32.1 Å². The molecule has 2 N–H and O–H groups in total. The molecule has 1 amide bonds. The third-order valence-corrected chi connectivity index (χ3v) is 3.09. The predicted octanol–water partition coefficient (Wildman–Crippen LogP) is 1.61.